The summed E-state index contributed by atoms with van der Waals surface area (Å²) in [4.78, 5) is 21.8. The molecule has 4 nitrogen and oxygen atoms in total. The van der Waals surface area contributed by atoms with Gasteiger partial charge in [0, 0.05) is 11.8 Å². The molecule has 2 heterocycles. The van der Waals surface area contributed by atoms with E-state index in [9.17, 15) is 4.79 Å². The summed E-state index contributed by atoms with van der Waals surface area (Å²) in [7, 11) is 0. The van der Waals surface area contributed by atoms with E-state index >= 15 is 0 Å². The number of aromatic nitrogens is 2. The highest BCUT2D eigenvalue weighted by atomic mass is 16.2. The number of anilines is 1. The van der Waals surface area contributed by atoms with Crippen LogP contribution in [0.2, 0.25) is 0 Å². The Morgan fingerprint density at radius 3 is 2.78 bits per heavy atom. The highest BCUT2D eigenvalue weighted by molar-refractivity contribution is 6.06. The number of H-pyrrole nitrogens is 1. The van der Waals surface area contributed by atoms with Gasteiger partial charge in [0.1, 0.15) is 0 Å². The van der Waals surface area contributed by atoms with Crippen molar-refractivity contribution in [2.75, 3.05) is 4.90 Å². The van der Waals surface area contributed by atoms with E-state index in [-0.39, 0.29) is 11.9 Å². The van der Waals surface area contributed by atoms with Crippen LogP contribution in [0.15, 0.2) is 66.5 Å². The summed E-state index contributed by atoms with van der Waals surface area (Å²) in [5.41, 5.74) is 5.01. The van der Waals surface area contributed by atoms with Gasteiger partial charge in [-0.15, -0.1) is 0 Å². The fourth-order valence-electron chi connectivity index (χ4n) is 3.24. The first kappa shape index (κ1) is 13.8. The second-order valence-electron chi connectivity index (χ2n) is 5.70. The Morgan fingerprint density at radius 1 is 1.17 bits per heavy atom. The minimum Gasteiger partial charge on any atom is -0.345 e. The Balaban J connectivity index is 1.83. The van der Waals surface area contributed by atoms with Crippen LogP contribution in [0.25, 0.3) is 11.0 Å². The first-order chi connectivity index (χ1) is 11.3. The van der Waals surface area contributed by atoms with Crippen LogP contribution >= 0.6 is 0 Å². The van der Waals surface area contributed by atoms with E-state index < -0.39 is 0 Å². The fraction of sp³-hybridized carbons (Fsp3) is 0.158. The molecule has 114 valence electrons. The number of hydrogen-bond acceptors (Lipinski definition) is 2. The number of imidazole rings is 1. The lowest BCUT2D eigenvalue weighted by Crippen LogP contribution is -2.29. The third kappa shape index (κ3) is 2.23. The molecule has 1 aromatic heterocycles. The van der Waals surface area contributed by atoms with Gasteiger partial charge in [-0.25, -0.2) is 4.98 Å². The van der Waals surface area contributed by atoms with Crippen molar-refractivity contribution >= 4 is 22.6 Å². The molecule has 1 amide bonds. The van der Waals surface area contributed by atoms with Gasteiger partial charge < -0.3 is 4.98 Å². The maximum absolute atomic E-state index is 12.6. The van der Waals surface area contributed by atoms with Crippen molar-refractivity contribution in [3.8, 4) is 0 Å². The monoisotopic (exact) mass is 303 g/mol. The lowest BCUT2D eigenvalue weighted by Gasteiger charge is -2.27. The molecule has 0 fully saturated rings. The lowest BCUT2D eigenvalue weighted by molar-refractivity contribution is -0.113. The van der Waals surface area contributed by atoms with Gasteiger partial charge in [-0.2, -0.15) is 0 Å². The summed E-state index contributed by atoms with van der Waals surface area (Å²) in [6, 6.07) is 16.0. The second-order valence-corrected chi connectivity index (χ2v) is 5.70. The summed E-state index contributed by atoms with van der Waals surface area (Å²) in [5.74, 6) is 0.0366. The van der Waals surface area contributed by atoms with Gasteiger partial charge in [0.15, 0.2) is 0 Å². The molecule has 2 aromatic carbocycles. The Kier molecular flexibility index (Phi) is 3.23. The van der Waals surface area contributed by atoms with E-state index in [1.807, 2.05) is 41.3 Å². The van der Waals surface area contributed by atoms with Gasteiger partial charge >= 0.3 is 0 Å². The average Bonchev–Trinajstić information content (AvgIpc) is 3.18. The first-order valence-corrected chi connectivity index (χ1v) is 7.79. The zero-order valence-electron chi connectivity index (χ0n) is 12.9. The highest BCUT2D eigenvalue weighted by Crippen LogP contribution is 2.39. The molecule has 1 atom stereocenters. The standard InChI is InChI=1S/C19H17N3O/c1-2-13-10-18(23)22(19(13)14-6-4-3-5-7-14)15-8-9-16-17(11-15)21-12-20-16/h3-12,19H,2H2,1H3,(H,20,21). The number of aromatic amines is 1. The molecular weight excluding hydrogens is 286 g/mol. The number of rotatable bonds is 3. The number of amides is 1. The van der Waals surface area contributed by atoms with Crippen LogP contribution < -0.4 is 4.90 Å². The van der Waals surface area contributed by atoms with E-state index in [0.29, 0.717) is 0 Å². The molecule has 1 aliphatic heterocycles. The van der Waals surface area contributed by atoms with Crippen molar-refractivity contribution in [1.82, 2.24) is 9.97 Å². The molecular formula is C19H17N3O. The number of nitrogens with one attached hydrogen (secondary N) is 1. The van der Waals surface area contributed by atoms with E-state index in [0.717, 1.165) is 34.3 Å². The minimum atomic E-state index is -0.0333. The molecule has 1 aliphatic rings. The Bertz CT molecular complexity index is 895. The molecule has 4 heteroatoms. The van der Waals surface area contributed by atoms with Crippen LogP contribution in [0.4, 0.5) is 5.69 Å². The molecule has 1 unspecified atom stereocenters. The Labute approximate surface area is 134 Å². The van der Waals surface area contributed by atoms with Crippen molar-refractivity contribution in [2.24, 2.45) is 0 Å². The topological polar surface area (TPSA) is 49.0 Å². The maximum atomic E-state index is 12.6. The SMILES string of the molecule is CCC1=CC(=O)N(c2ccc3nc[nH]c3c2)C1c1ccccc1. The Hall–Kier alpha value is -2.88. The van der Waals surface area contributed by atoms with Crippen LogP contribution in [-0.2, 0) is 4.79 Å². The van der Waals surface area contributed by atoms with Gasteiger partial charge in [0.2, 0.25) is 0 Å². The van der Waals surface area contributed by atoms with E-state index in [1.54, 1.807) is 12.4 Å². The van der Waals surface area contributed by atoms with Gasteiger partial charge in [-0.05, 0) is 35.8 Å². The van der Waals surface area contributed by atoms with Gasteiger partial charge in [-0.3, -0.25) is 9.69 Å². The third-order valence-corrected chi connectivity index (χ3v) is 4.36. The van der Waals surface area contributed by atoms with Crippen molar-refractivity contribution in [2.45, 2.75) is 19.4 Å². The van der Waals surface area contributed by atoms with Crippen molar-refractivity contribution < 1.29 is 4.79 Å². The molecule has 0 spiro atoms. The van der Waals surface area contributed by atoms with E-state index in [4.69, 9.17) is 0 Å². The summed E-state index contributed by atoms with van der Waals surface area (Å²) < 4.78 is 0. The van der Waals surface area contributed by atoms with Gasteiger partial charge in [0.25, 0.3) is 5.91 Å². The molecule has 1 N–H and O–H groups in total. The minimum absolute atomic E-state index is 0.0333. The number of carbonyl (C=O) groups is 1. The first-order valence-electron chi connectivity index (χ1n) is 7.79. The summed E-state index contributed by atoms with van der Waals surface area (Å²) >= 11 is 0. The molecule has 0 bridgehead atoms. The smallest absolute Gasteiger partial charge is 0.251 e. The van der Waals surface area contributed by atoms with Crippen LogP contribution in [-0.4, -0.2) is 15.9 Å². The molecule has 0 saturated heterocycles. The van der Waals surface area contributed by atoms with Crippen molar-refractivity contribution in [3.05, 3.63) is 72.1 Å². The zero-order chi connectivity index (χ0) is 15.8. The fourth-order valence-corrected chi connectivity index (χ4v) is 3.24. The summed E-state index contributed by atoms with van der Waals surface area (Å²) in [5, 5.41) is 0. The summed E-state index contributed by atoms with van der Waals surface area (Å²) in [6.45, 7) is 2.09. The lowest BCUT2D eigenvalue weighted by atomic mass is 9.98. The van der Waals surface area contributed by atoms with Crippen LogP contribution in [0, 0.1) is 0 Å². The molecule has 4 rings (SSSR count). The normalized spacial score (nSPS) is 17.8. The average molecular weight is 303 g/mol. The molecule has 0 saturated carbocycles. The second kappa shape index (κ2) is 5.39. The highest BCUT2D eigenvalue weighted by Gasteiger charge is 2.34. The molecule has 0 radical (unpaired) electrons. The van der Waals surface area contributed by atoms with E-state index in [2.05, 4.69) is 29.0 Å². The Morgan fingerprint density at radius 2 is 2.00 bits per heavy atom. The van der Waals surface area contributed by atoms with Gasteiger partial charge in [-0.1, -0.05) is 37.3 Å². The zero-order valence-corrected chi connectivity index (χ0v) is 12.9. The van der Waals surface area contributed by atoms with Crippen LogP contribution in [0.3, 0.4) is 0 Å². The predicted molar refractivity (Wildman–Crippen MR) is 91.1 cm³/mol. The molecule has 0 aliphatic carbocycles. The van der Waals surface area contributed by atoms with Crippen molar-refractivity contribution in [3.63, 3.8) is 0 Å². The van der Waals surface area contributed by atoms with Gasteiger partial charge in [0.05, 0.1) is 23.4 Å². The quantitative estimate of drug-likeness (QED) is 0.795. The maximum Gasteiger partial charge on any atom is 0.251 e. The number of hydrogen-bond donors (Lipinski definition) is 1. The number of carbonyl (C=O) groups excluding carboxylic acids is 1. The largest absolute Gasteiger partial charge is 0.345 e. The van der Waals surface area contributed by atoms with Crippen LogP contribution in [0.5, 0.6) is 0 Å². The number of fused-ring (bicyclic) bond motifs is 1. The van der Waals surface area contributed by atoms with E-state index in [1.165, 1.54) is 0 Å². The molecule has 23 heavy (non-hydrogen) atoms. The number of benzene rings is 2. The number of nitrogens with zero attached hydrogens (tertiary/aromatic N) is 2. The predicted octanol–water partition coefficient (Wildman–Crippen LogP) is 3.99. The molecule has 3 aromatic rings. The van der Waals surface area contributed by atoms with Crippen molar-refractivity contribution in [1.29, 1.82) is 0 Å². The summed E-state index contributed by atoms with van der Waals surface area (Å²) in [6.07, 6.45) is 4.30. The van der Waals surface area contributed by atoms with Crippen LogP contribution in [0.1, 0.15) is 24.9 Å². The third-order valence-electron chi connectivity index (χ3n) is 4.36.